The average Bonchev–Trinajstić information content (AvgIpc) is 2.40. The minimum absolute atomic E-state index is 0.0206. The summed E-state index contributed by atoms with van der Waals surface area (Å²) in [5, 5.41) is 30.5. The van der Waals surface area contributed by atoms with E-state index in [4.69, 9.17) is 34.4 Å². The first-order valence-corrected chi connectivity index (χ1v) is 32.3. The van der Waals surface area contributed by atoms with Crippen LogP contribution in [0.3, 0.4) is 0 Å². The van der Waals surface area contributed by atoms with Gasteiger partial charge in [-0.05, 0) is 100 Å². The van der Waals surface area contributed by atoms with Crippen LogP contribution in [0.4, 0.5) is 0 Å². The fraction of sp³-hybridized carbons (Fsp3) is 0.557. The number of carbonyl (C=O) groups is 11. The van der Waals surface area contributed by atoms with Crippen molar-refractivity contribution >= 4 is 75.5 Å². The normalized spacial score (nSPS) is 14.2. The van der Waals surface area contributed by atoms with Crippen molar-refractivity contribution in [3.8, 4) is 5.75 Å². The maximum atomic E-state index is 14.6. The predicted octanol–water partition coefficient (Wildman–Crippen LogP) is 5.41. The number of nitrogens with two attached hydrogens (primary N) is 6. The fourth-order valence-electron chi connectivity index (χ4n) is 11.3. The molecule has 22 nitrogen and oxygen atoms in total. The third kappa shape index (κ3) is 31.0. The van der Waals surface area contributed by atoms with Gasteiger partial charge < -0.3 is 49.7 Å². The van der Waals surface area contributed by atoms with Gasteiger partial charge in [0, 0.05) is 144 Å². The number of unbranched alkanes of at least 4 members (excludes halogenated alkanes) is 1. The van der Waals surface area contributed by atoms with E-state index < -0.39 is 107 Å². The van der Waals surface area contributed by atoms with Crippen LogP contribution in [-0.2, 0) is 72.0 Å². The molecule has 92 heavy (non-hydrogen) atoms. The zero-order valence-electron chi connectivity index (χ0n) is 53.8. The van der Waals surface area contributed by atoms with Gasteiger partial charge in [0.2, 0.25) is 0 Å². The number of aliphatic hydroxyl groups excluding tert-OH is 2. The van der Waals surface area contributed by atoms with Crippen LogP contribution in [0.15, 0.2) is 94.9 Å². The highest BCUT2D eigenvalue weighted by Gasteiger charge is 2.34. The second-order valence-electron chi connectivity index (χ2n) is 24.4. The highest BCUT2D eigenvalue weighted by atomic mass is 16.3. The lowest BCUT2D eigenvalue weighted by atomic mass is 9.79. The molecule has 9 atom stereocenters. The van der Waals surface area contributed by atoms with Gasteiger partial charge in [-0.3, -0.25) is 62.7 Å². The van der Waals surface area contributed by atoms with Gasteiger partial charge >= 0.3 is 0 Å². The first-order chi connectivity index (χ1) is 43.8. The number of hydrogen-bond acceptors (Lipinski definition) is 18. The van der Waals surface area contributed by atoms with Gasteiger partial charge in [-0.1, -0.05) is 86.1 Å². The Hall–Kier alpha value is -7.79. The number of aromatic hydroxyl groups is 1. The summed E-state index contributed by atoms with van der Waals surface area (Å²) in [5.74, 6) is -10.9. The van der Waals surface area contributed by atoms with Crippen molar-refractivity contribution in [3.05, 3.63) is 102 Å². The number of phenolic OH excluding ortho intramolecular Hbond substituents is 1. The number of nitrogens with zero attached hydrogens (tertiary/aromatic N) is 2. The summed E-state index contributed by atoms with van der Waals surface area (Å²) >= 11 is 0. The molecule has 0 aliphatic rings. The molecule has 0 radical (unpaired) electrons. The first kappa shape index (κ1) is 78.5. The summed E-state index contributed by atoms with van der Waals surface area (Å²) < 4.78 is 0. The second kappa shape index (κ2) is 43.1. The molecule has 3 rings (SSSR count). The molecular weight excluding hydrogens is 1180 g/mol. The zero-order valence-corrected chi connectivity index (χ0v) is 53.8. The van der Waals surface area contributed by atoms with Gasteiger partial charge in [0.15, 0.2) is 17.7 Å². The molecule has 0 aliphatic heterocycles. The van der Waals surface area contributed by atoms with Crippen LogP contribution < -0.4 is 34.4 Å². The minimum Gasteiger partial charge on any atom is -0.508 e. The molecule has 3 aromatic rings. The van der Waals surface area contributed by atoms with E-state index in [1.807, 2.05) is 36.4 Å². The van der Waals surface area contributed by atoms with E-state index in [2.05, 4.69) is 9.98 Å². The third-order valence-electron chi connectivity index (χ3n) is 16.9. The Morgan fingerprint density at radius 3 is 1.24 bits per heavy atom. The van der Waals surface area contributed by atoms with Crippen molar-refractivity contribution in [1.82, 2.24) is 0 Å². The van der Waals surface area contributed by atoms with E-state index in [9.17, 15) is 68.1 Å². The summed E-state index contributed by atoms with van der Waals surface area (Å²) in [6.07, 6.45) is -1.34. The van der Waals surface area contributed by atoms with Crippen molar-refractivity contribution < 1.29 is 68.1 Å². The largest absolute Gasteiger partial charge is 0.508 e. The van der Waals surface area contributed by atoms with E-state index in [0.29, 0.717) is 44.2 Å². The van der Waals surface area contributed by atoms with Crippen molar-refractivity contribution in [2.24, 2.45) is 85.8 Å². The van der Waals surface area contributed by atoms with E-state index in [1.54, 1.807) is 43.3 Å². The number of guanidine groups is 2. The number of phenols is 1. The van der Waals surface area contributed by atoms with Crippen LogP contribution in [0.5, 0.6) is 5.75 Å². The van der Waals surface area contributed by atoms with Gasteiger partial charge in [-0.2, -0.15) is 0 Å². The number of aliphatic imine (C=N–C) groups is 2. The topological polar surface area (TPSA) is 429 Å². The smallest absolute Gasteiger partial charge is 0.185 e. The molecule has 9 unspecified atom stereocenters. The monoisotopic (exact) mass is 1280 g/mol. The Bertz CT molecular complexity index is 2930. The molecule has 0 saturated heterocycles. The molecular formula is C70H100N8O14. The average molecular weight is 1280 g/mol. The molecule has 0 aromatic heterocycles. The lowest BCUT2D eigenvalue weighted by Crippen LogP contribution is -2.42. The number of ketones is 11. The summed E-state index contributed by atoms with van der Waals surface area (Å²) in [7, 11) is 0. The summed E-state index contributed by atoms with van der Waals surface area (Å²) in [5.41, 5.74) is 35.8. The molecule has 0 aliphatic carbocycles. The number of aliphatic hydroxyl groups is 2. The number of carbonyl (C=O) groups excluding carboxylic acids is 11. The highest BCUT2D eigenvalue weighted by Crippen LogP contribution is 2.29. The van der Waals surface area contributed by atoms with Gasteiger partial charge in [-0.15, -0.1) is 0 Å². The van der Waals surface area contributed by atoms with E-state index in [0.717, 1.165) is 11.1 Å². The van der Waals surface area contributed by atoms with Gasteiger partial charge in [0.25, 0.3) is 0 Å². The van der Waals surface area contributed by atoms with Gasteiger partial charge in [0.05, 0.1) is 18.8 Å². The number of hydrogen-bond donors (Lipinski definition) is 9. The molecule has 0 bridgehead atoms. The molecule has 0 saturated carbocycles. The van der Waals surface area contributed by atoms with Crippen LogP contribution in [0.2, 0.25) is 0 Å². The molecule has 504 valence electrons. The van der Waals surface area contributed by atoms with Crippen LogP contribution >= 0.6 is 0 Å². The highest BCUT2D eigenvalue weighted by molar-refractivity contribution is 5.97. The Balaban J connectivity index is 1.72. The lowest BCUT2D eigenvalue weighted by molar-refractivity contribution is -0.134. The molecule has 0 amide bonds. The quantitative estimate of drug-likeness (QED) is 0.0194. The third-order valence-corrected chi connectivity index (χ3v) is 16.9. The number of benzene rings is 3. The standard InChI is InChI=1S/C70H100N8O14/c1-3-60(85)50(19-12-32-77-69(73)74)39-63(88)49(18-10-11-31-71)37-59(84)28-30-61(86)51(20-13-33-78-70(75)76)40-66(91)55(44-79)38-58(83)26-25-57(82)27-29-62(87)52(36-48-21-23-56(81)24-22-48)41-64(89)53(34-46-14-6-4-7-15-46)42-65(90)54(35-47-16-8-5-9-17-47)43-67(92)68(72)45(2)80/h4-9,14-17,21-24,45,49-55,68,79-81H,3,10-13,18-20,25-44,71-72H2,1-2H3,(H4,73,74,77)(H4,75,76,78). The van der Waals surface area contributed by atoms with Crippen LogP contribution in [-0.4, -0.2) is 129 Å². The van der Waals surface area contributed by atoms with E-state index in [-0.39, 0.29) is 169 Å². The fourth-order valence-corrected chi connectivity index (χ4v) is 11.3. The van der Waals surface area contributed by atoms with Crippen LogP contribution in [0, 0.1) is 41.4 Å². The van der Waals surface area contributed by atoms with Crippen molar-refractivity contribution in [2.45, 2.75) is 180 Å². The van der Waals surface area contributed by atoms with Crippen LogP contribution in [0.1, 0.15) is 165 Å². The first-order valence-electron chi connectivity index (χ1n) is 32.3. The van der Waals surface area contributed by atoms with E-state index >= 15 is 0 Å². The Kier molecular flexibility index (Phi) is 36.8. The molecule has 0 spiro atoms. The summed E-state index contributed by atoms with van der Waals surface area (Å²) in [6.45, 7) is 3.15. The predicted molar refractivity (Wildman–Crippen MR) is 351 cm³/mol. The molecule has 0 fully saturated rings. The second-order valence-corrected chi connectivity index (χ2v) is 24.4. The van der Waals surface area contributed by atoms with Crippen molar-refractivity contribution in [1.29, 1.82) is 0 Å². The maximum absolute atomic E-state index is 14.6. The minimum atomic E-state index is -1.23. The lowest BCUT2D eigenvalue weighted by Gasteiger charge is -2.23. The van der Waals surface area contributed by atoms with Gasteiger partial charge in [-0.25, -0.2) is 0 Å². The molecule has 15 N–H and O–H groups in total. The SMILES string of the molecule is CCC(=O)C(CCCN=C(N)N)CC(=O)C(CCCCN)CC(=O)CCC(=O)C(CCCN=C(N)N)CC(=O)C(CO)CC(=O)CCC(=O)CCC(=O)C(CC(=O)C(CC(=O)C(CC(=O)C(N)C(C)O)Cc1ccccc1)Cc1ccccc1)Cc1ccc(O)cc1. The zero-order chi connectivity index (χ0) is 68.1. The van der Waals surface area contributed by atoms with Crippen molar-refractivity contribution in [3.63, 3.8) is 0 Å². The Morgan fingerprint density at radius 1 is 0.424 bits per heavy atom. The Morgan fingerprint density at radius 2 is 0.783 bits per heavy atom. The van der Waals surface area contributed by atoms with Gasteiger partial charge in [0.1, 0.15) is 63.6 Å². The number of rotatable bonds is 52. The molecule has 22 heteroatoms. The van der Waals surface area contributed by atoms with Crippen molar-refractivity contribution in [2.75, 3.05) is 26.2 Å². The summed E-state index contributed by atoms with van der Waals surface area (Å²) in [6, 6.07) is 23.0. The molecule has 0 heterocycles. The molecule has 3 aromatic carbocycles. The van der Waals surface area contributed by atoms with Crippen LogP contribution in [0.25, 0.3) is 0 Å². The Labute approximate surface area is 541 Å². The summed E-state index contributed by atoms with van der Waals surface area (Å²) in [4.78, 5) is 159. The number of Topliss-reactive ketones (excluding diaryl/α,β-unsaturated/α-hetero) is 11. The maximum Gasteiger partial charge on any atom is 0.185 e. The van der Waals surface area contributed by atoms with E-state index in [1.165, 1.54) is 19.1 Å².